The predicted molar refractivity (Wildman–Crippen MR) is 56.2 cm³/mol. The lowest BCUT2D eigenvalue weighted by Gasteiger charge is -2.02. The summed E-state index contributed by atoms with van der Waals surface area (Å²) in [6, 6.07) is 1.56. The van der Waals surface area contributed by atoms with Gasteiger partial charge in [0, 0.05) is 0 Å². The first-order valence-electron chi connectivity index (χ1n) is 4.62. The van der Waals surface area contributed by atoms with Gasteiger partial charge >= 0.3 is 11.9 Å². The van der Waals surface area contributed by atoms with E-state index in [0.29, 0.717) is 11.5 Å². The number of rotatable bonds is 4. The topological polar surface area (TPSA) is 52.6 Å². The largest absolute Gasteiger partial charge is 0.462 e. The Hall–Kier alpha value is -1.36. The number of ether oxygens (including phenoxy) is 2. The summed E-state index contributed by atoms with van der Waals surface area (Å²) in [7, 11) is 0. The van der Waals surface area contributed by atoms with Crippen molar-refractivity contribution in [2.45, 2.75) is 13.8 Å². The van der Waals surface area contributed by atoms with Crippen molar-refractivity contribution in [2.75, 3.05) is 13.2 Å². The summed E-state index contributed by atoms with van der Waals surface area (Å²) in [5.74, 6) is -0.961. The fourth-order valence-electron chi connectivity index (χ4n) is 1.03. The van der Waals surface area contributed by atoms with Crippen LogP contribution in [0, 0.1) is 0 Å². The normalized spacial score (nSPS) is 9.73. The van der Waals surface area contributed by atoms with E-state index in [2.05, 4.69) is 0 Å². The molecule has 0 bridgehead atoms. The smallest absolute Gasteiger partial charge is 0.349 e. The Labute approximate surface area is 91.8 Å². The molecule has 0 aliphatic heterocycles. The predicted octanol–water partition coefficient (Wildman–Crippen LogP) is 2.10. The van der Waals surface area contributed by atoms with Gasteiger partial charge in [-0.1, -0.05) is 0 Å². The lowest BCUT2D eigenvalue weighted by molar-refractivity contribution is 0.0484. The first kappa shape index (κ1) is 11.7. The molecule has 5 heteroatoms. The number of hydrogen-bond acceptors (Lipinski definition) is 5. The fraction of sp³-hybridized carbons (Fsp3) is 0.400. The number of esters is 2. The zero-order chi connectivity index (χ0) is 11.3. The average Bonchev–Trinajstić information content (AvgIpc) is 2.66. The summed E-state index contributed by atoms with van der Waals surface area (Å²) < 4.78 is 9.63. The molecule has 1 rings (SSSR count). The molecule has 1 aromatic rings. The molecule has 0 aliphatic rings. The van der Waals surface area contributed by atoms with Crippen LogP contribution in [0.3, 0.4) is 0 Å². The summed E-state index contributed by atoms with van der Waals surface area (Å²) in [4.78, 5) is 23.1. The molecule has 15 heavy (non-hydrogen) atoms. The zero-order valence-corrected chi connectivity index (χ0v) is 9.43. The summed E-state index contributed by atoms with van der Waals surface area (Å²) >= 11 is 1.18. The summed E-state index contributed by atoms with van der Waals surface area (Å²) in [6.07, 6.45) is 0. The molecule has 0 fully saturated rings. The number of thiophene rings is 1. The highest BCUT2D eigenvalue weighted by Crippen LogP contribution is 2.18. The molecule has 0 aromatic carbocycles. The Morgan fingerprint density at radius 2 is 1.80 bits per heavy atom. The van der Waals surface area contributed by atoms with Crippen molar-refractivity contribution in [3.63, 3.8) is 0 Å². The van der Waals surface area contributed by atoms with Crippen molar-refractivity contribution >= 4 is 23.3 Å². The highest BCUT2D eigenvalue weighted by Gasteiger charge is 2.20. The van der Waals surface area contributed by atoms with Gasteiger partial charge in [-0.2, -0.15) is 0 Å². The van der Waals surface area contributed by atoms with Crippen LogP contribution < -0.4 is 0 Å². The first-order valence-corrected chi connectivity index (χ1v) is 5.50. The van der Waals surface area contributed by atoms with Crippen LogP contribution in [0.1, 0.15) is 33.9 Å². The number of carbonyl (C=O) groups excluding carboxylic acids is 2. The Kier molecular flexibility index (Phi) is 4.30. The zero-order valence-electron chi connectivity index (χ0n) is 8.61. The van der Waals surface area contributed by atoms with Crippen LogP contribution in [-0.2, 0) is 9.47 Å². The highest BCUT2D eigenvalue weighted by molar-refractivity contribution is 7.12. The standard InChI is InChI=1S/C10H12O4S/c1-3-13-9(11)7-5-6-15-8(7)10(12)14-4-2/h5-6H,3-4H2,1-2H3. The van der Waals surface area contributed by atoms with Crippen LogP contribution in [0.4, 0.5) is 0 Å². The van der Waals surface area contributed by atoms with E-state index in [9.17, 15) is 9.59 Å². The molecule has 0 atom stereocenters. The van der Waals surface area contributed by atoms with Gasteiger partial charge in [0.05, 0.1) is 18.8 Å². The number of carbonyl (C=O) groups is 2. The molecule has 4 nitrogen and oxygen atoms in total. The van der Waals surface area contributed by atoms with Gasteiger partial charge in [0.15, 0.2) is 0 Å². The van der Waals surface area contributed by atoms with Crippen LogP contribution in [-0.4, -0.2) is 25.2 Å². The molecular formula is C10H12O4S. The maximum absolute atomic E-state index is 11.4. The van der Waals surface area contributed by atoms with Crippen LogP contribution in [0.5, 0.6) is 0 Å². The molecule has 0 aliphatic carbocycles. The molecule has 0 saturated heterocycles. The molecule has 0 amide bonds. The minimum atomic E-state index is -0.484. The van der Waals surface area contributed by atoms with Crippen molar-refractivity contribution in [1.82, 2.24) is 0 Å². The van der Waals surface area contributed by atoms with Crippen molar-refractivity contribution in [1.29, 1.82) is 0 Å². The maximum Gasteiger partial charge on any atom is 0.349 e. The van der Waals surface area contributed by atoms with Crippen LogP contribution in [0.2, 0.25) is 0 Å². The molecule has 0 spiro atoms. The monoisotopic (exact) mass is 228 g/mol. The quantitative estimate of drug-likeness (QED) is 0.740. The molecule has 82 valence electrons. The lowest BCUT2D eigenvalue weighted by Crippen LogP contribution is -2.11. The lowest BCUT2D eigenvalue weighted by atomic mass is 10.2. The first-order chi connectivity index (χ1) is 7.20. The Morgan fingerprint density at radius 1 is 1.20 bits per heavy atom. The van der Waals surface area contributed by atoms with Crippen molar-refractivity contribution in [3.05, 3.63) is 21.9 Å². The van der Waals surface area contributed by atoms with Crippen LogP contribution in [0.25, 0.3) is 0 Å². The third-order valence-corrected chi connectivity index (χ3v) is 2.52. The van der Waals surface area contributed by atoms with E-state index in [1.54, 1.807) is 25.3 Å². The maximum atomic E-state index is 11.4. The second kappa shape index (κ2) is 5.50. The van der Waals surface area contributed by atoms with E-state index in [4.69, 9.17) is 9.47 Å². The molecule has 0 unspecified atom stereocenters. The van der Waals surface area contributed by atoms with Gasteiger partial charge in [-0.3, -0.25) is 0 Å². The SMILES string of the molecule is CCOC(=O)c1ccsc1C(=O)OCC. The van der Waals surface area contributed by atoms with Gasteiger partial charge in [-0.25, -0.2) is 9.59 Å². The Morgan fingerprint density at radius 3 is 2.40 bits per heavy atom. The Bertz CT molecular complexity index is 324. The number of hydrogen-bond donors (Lipinski definition) is 0. The third kappa shape index (κ3) is 2.79. The van der Waals surface area contributed by atoms with Crippen LogP contribution >= 0.6 is 11.3 Å². The molecule has 1 aromatic heterocycles. The van der Waals surface area contributed by atoms with E-state index < -0.39 is 11.9 Å². The van der Waals surface area contributed by atoms with E-state index >= 15 is 0 Å². The summed E-state index contributed by atoms with van der Waals surface area (Å²) in [5.41, 5.74) is 0.278. The highest BCUT2D eigenvalue weighted by atomic mass is 32.1. The fourth-order valence-corrected chi connectivity index (χ4v) is 1.81. The van der Waals surface area contributed by atoms with Gasteiger partial charge in [-0.15, -0.1) is 11.3 Å². The van der Waals surface area contributed by atoms with E-state index in [1.165, 1.54) is 11.3 Å². The molecule has 0 saturated carbocycles. The summed E-state index contributed by atoms with van der Waals surface area (Å²) in [5, 5.41) is 1.67. The van der Waals surface area contributed by atoms with Crippen molar-refractivity contribution in [2.24, 2.45) is 0 Å². The second-order valence-corrected chi connectivity index (χ2v) is 3.52. The molecule has 0 radical (unpaired) electrons. The molecule has 1 heterocycles. The minimum Gasteiger partial charge on any atom is -0.462 e. The second-order valence-electron chi connectivity index (χ2n) is 2.60. The van der Waals surface area contributed by atoms with Gasteiger partial charge in [-0.05, 0) is 25.3 Å². The van der Waals surface area contributed by atoms with Crippen LogP contribution in [0.15, 0.2) is 11.4 Å². The van der Waals surface area contributed by atoms with E-state index in [0.717, 1.165) is 0 Å². The van der Waals surface area contributed by atoms with E-state index in [1.807, 2.05) is 0 Å². The van der Waals surface area contributed by atoms with Crippen molar-refractivity contribution in [3.8, 4) is 0 Å². The summed E-state index contributed by atoms with van der Waals surface area (Å²) in [6.45, 7) is 4.01. The third-order valence-electron chi connectivity index (χ3n) is 1.62. The minimum absolute atomic E-state index is 0.278. The molecule has 0 N–H and O–H groups in total. The average molecular weight is 228 g/mol. The Balaban J connectivity index is 2.86. The van der Waals surface area contributed by atoms with E-state index in [-0.39, 0.29) is 12.2 Å². The molecular weight excluding hydrogens is 216 g/mol. The van der Waals surface area contributed by atoms with Crippen molar-refractivity contribution < 1.29 is 19.1 Å². The van der Waals surface area contributed by atoms with Gasteiger partial charge in [0.25, 0.3) is 0 Å². The van der Waals surface area contributed by atoms with Gasteiger partial charge in [0.1, 0.15) is 4.88 Å². The van der Waals surface area contributed by atoms with Gasteiger partial charge in [0.2, 0.25) is 0 Å². The van der Waals surface area contributed by atoms with Gasteiger partial charge < -0.3 is 9.47 Å².